The summed E-state index contributed by atoms with van der Waals surface area (Å²) in [5.74, 6) is 0.438. The number of nitrogens with two attached hydrogens (primary N) is 1. The van der Waals surface area contributed by atoms with Gasteiger partial charge in [-0.3, -0.25) is 4.79 Å². The third-order valence-corrected chi connectivity index (χ3v) is 4.59. The molecule has 108 valence electrons. The highest BCUT2D eigenvalue weighted by Crippen LogP contribution is 2.36. The predicted molar refractivity (Wildman–Crippen MR) is 87.6 cm³/mol. The number of benzene rings is 2. The average Bonchev–Trinajstić information content (AvgIpc) is 2.90. The summed E-state index contributed by atoms with van der Waals surface area (Å²) in [6, 6.07) is 6.75. The molecule has 0 radical (unpaired) electrons. The molecule has 2 aromatic rings. The standard InChI is InChI=1S/C15H10BrCl2NO2/c16-9-3-7-1-2-21-15(7)10(6-9)14(20)8-4-11(17)13(18)12(19)5-8/h3-6H,1-2,19H2. The van der Waals surface area contributed by atoms with Crippen LogP contribution in [-0.4, -0.2) is 12.4 Å². The maximum absolute atomic E-state index is 12.7. The number of ether oxygens (including phenoxy) is 1. The highest BCUT2D eigenvalue weighted by molar-refractivity contribution is 9.10. The Kier molecular flexibility index (Phi) is 3.86. The second kappa shape index (κ2) is 5.52. The van der Waals surface area contributed by atoms with Crippen molar-refractivity contribution in [3.8, 4) is 5.75 Å². The summed E-state index contributed by atoms with van der Waals surface area (Å²) in [6.07, 6.45) is 0.790. The molecule has 0 bridgehead atoms. The Balaban J connectivity index is 2.12. The molecule has 0 unspecified atom stereocenters. The first-order valence-corrected chi connectivity index (χ1v) is 7.76. The van der Waals surface area contributed by atoms with Crippen molar-refractivity contribution in [3.05, 3.63) is 55.5 Å². The summed E-state index contributed by atoms with van der Waals surface area (Å²) < 4.78 is 6.42. The molecule has 0 amide bonds. The van der Waals surface area contributed by atoms with Crippen molar-refractivity contribution in [2.75, 3.05) is 12.3 Å². The van der Waals surface area contributed by atoms with E-state index < -0.39 is 0 Å². The fraction of sp³-hybridized carbons (Fsp3) is 0.133. The maximum Gasteiger partial charge on any atom is 0.196 e. The maximum atomic E-state index is 12.7. The van der Waals surface area contributed by atoms with Gasteiger partial charge >= 0.3 is 0 Å². The number of fused-ring (bicyclic) bond motifs is 1. The lowest BCUT2D eigenvalue weighted by atomic mass is 9.99. The molecule has 0 spiro atoms. The van der Waals surface area contributed by atoms with E-state index in [4.69, 9.17) is 33.7 Å². The van der Waals surface area contributed by atoms with Gasteiger partial charge in [0.2, 0.25) is 0 Å². The number of carbonyl (C=O) groups is 1. The van der Waals surface area contributed by atoms with Crippen LogP contribution in [0.25, 0.3) is 0 Å². The SMILES string of the molecule is Nc1cc(C(=O)c2cc(Br)cc3c2OCC3)cc(Cl)c1Cl. The molecular formula is C15H10BrCl2NO2. The van der Waals surface area contributed by atoms with Crippen LogP contribution in [0.4, 0.5) is 5.69 Å². The van der Waals surface area contributed by atoms with E-state index in [1.54, 1.807) is 6.07 Å². The second-order valence-corrected chi connectivity index (χ2v) is 6.43. The van der Waals surface area contributed by atoms with E-state index in [-0.39, 0.29) is 21.5 Å². The topological polar surface area (TPSA) is 52.3 Å². The molecule has 3 rings (SSSR count). The van der Waals surface area contributed by atoms with Gasteiger partial charge in [-0.25, -0.2) is 0 Å². The van der Waals surface area contributed by atoms with E-state index in [0.29, 0.717) is 23.5 Å². The van der Waals surface area contributed by atoms with E-state index in [1.807, 2.05) is 6.07 Å². The zero-order chi connectivity index (χ0) is 15.1. The largest absolute Gasteiger partial charge is 0.492 e. The molecule has 21 heavy (non-hydrogen) atoms. The third-order valence-electron chi connectivity index (χ3n) is 3.31. The highest BCUT2D eigenvalue weighted by atomic mass is 79.9. The Labute approximate surface area is 140 Å². The fourth-order valence-corrected chi connectivity index (χ4v) is 3.18. The lowest BCUT2D eigenvalue weighted by Gasteiger charge is -2.10. The monoisotopic (exact) mass is 385 g/mol. The second-order valence-electron chi connectivity index (χ2n) is 4.73. The predicted octanol–water partition coefficient (Wildman–Crippen LogP) is 4.50. The van der Waals surface area contributed by atoms with Gasteiger partial charge in [-0.15, -0.1) is 0 Å². The summed E-state index contributed by atoms with van der Waals surface area (Å²) in [5.41, 5.74) is 7.95. The zero-order valence-electron chi connectivity index (χ0n) is 10.8. The van der Waals surface area contributed by atoms with E-state index >= 15 is 0 Å². The van der Waals surface area contributed by atoms with Gasteiger partial charge in [0, 0.05) is 16.5 Å². The number of anilines is 1. The van der Waals surface area contributed by atoms with E-state index in [9.17, 15) is 4.79 Å². The molecule has 0 aromatic heterocycles. The molecule has 6 heteroatoms. The van der Waals surface area contributed by atoms with E-state index in [2.05, 4.69) is 15.9 Å². The van der Waals surface area contributed by atoms with Crippen molar-refractivity contribution in [1.29, 1.82) is 0 Å². The van der Waals surface area contributed by atoms with Crippen LogP contribution in [0.1, 0.15) is 21.5 Å². The number of hydrogen-bond donors (Lipinski definition) is 1. The van der Waals surface area contributed by atoms with Crippen molar-refractivity contribution >= 4 is 50.6 Å². The molecule has 1 heterocycles. The van der Waals surface area contributed by atoms with Gasteiger partial charge in [-0.1, -0.05) is 39.1 Å². The fourth-order valence-electron chi connectivity index (χ4n) is 2.33. The smallest absolute Gasteiger partial charge is 0.196 e. The van der Waals surface area contributed by atoms with E-state index in [1.165, 1.54) is 12.1 Å². The molecule has 0 saturated carbocycles. The summed E-state index contributed by atoms with van der Waals surface area (Å²) >= 11 is 15.3. The van der Waals surface area contributed by atoms with Gasteiger partial charge in [0.25, 0.3) is 0 Å². The number of nitrogen functional groups attached to an aromatic ring is 1. The molecule has 1 aliphatic rings. The minimum Gasteiger partial charge on any atom is -0.492 e. The molecule has 1 aliphatic heterocycles. The first kappa shape index (κ1) is 14.7. The van der Waals surface area contributed by atoms with Crippen LogP contribution in [-0.2, 0) is 6.42 Å². The molecule has 3 nitrogen and oxygen atoms in total. The molecule has 0 fully saturated rings. The molecule has 0 atom stereocenters. The molecular weight excluding hydrogens is 377 g/mol. The molecule has 0 saturated heterocycles. The number of halogens is 3. The van der Waals surface area contributed by atoms with Crippen LogP contribution in [0.2, 0.25) is 10.0 Å². The normalized spacial score (nSPS) is 12.9. The van der Waals surface area contributed by atoms with Crippen molar-refractivity contribution in [1.82, 2.24) is 0 Å². The summed E-state index contributed by atoms with van der Waals surface area (Å²) in [4.78, 5) is 12.7. The number of rotatable bonds is 2. The molecule has 0 aliphatic carbocycles. The number of carbonyl (C=O) groups excluding carboxylic acids is 1. The Morgan fingerprint density at radius 2 is 2.00 bits per heavy atom. The third kappa shape index (κ3) is 2.63. The first-order chi connectivity index (χ1) is 9.97. The Morgan fingerprint density at radius 1 is 1.24 bits per heavy atom. The Hall–Kier alpha value is -1.23. The van der Waals surface area contributed by atoms with Crippen LogP contribution in [0.3, 0.4) is 0 Å². The molecule has 2 aromatic carbocycles. The van der Waals surface area contributed by atoms with Crippen LogP contribution in [0.5, 0.6) is 5.75 Å². The quantitative estimate of drug-likeness (QED) is 0.610. The van der Waals surface area contributed by atoms with Crippen molar-refractivity contribution in [3.63, 3.8) is 0 Å². The van der Waals surface area contributed by atoms with Crippen LogP contribution in [0, 0.1) is 0 Å². The lowest BCUT2D eigenvalue weighted by molar-refractivity contribution is 0.103. The average molecular weight is 387 g/mol. The van der Waals surface area contributed by atoms with Gasteiger partial charge in [0.15, 0.2) is 5.78 Å². The van der Waals surface area contributed by atoms with Gasteiger partial charge in [0.05, 0.1) is 27.9 Å². The van der Waals surface area contributed by atoms with E-state index in [0.717, 1.165) is 16.5 Å². The number of hydrogen-bond acceptors (Lipinski definition) is 3. The summed E-state index contributed by atoms with van der Waals surface area (Å²) in [5, 5.41) is 0.511. The highest BCUT2D eigenvalue weighted by Gasteiger charge is 2.23. The molecule has 2 N–H and O–H groups in total. The van der Waals surface area contributed by atoms with Crippen molar-refractivity contribution in [2.24, 2.45) is 0 Å². The van der Waals surface area contributed by atoms with Crippen LogP contribution in [0.15, 0.2) is 28.7 Å². The first-order valence-electron chi connectivity index (χ1n) is 6.22. The number of ketones is 1. The minimum absolute atomic E-state index is 0.195. The van der Waals surface area contributed by atoms with Gasteiger partial charge < -0.3 is 10.5 Å². The van der Waals surface area contributed by atoms with Crippen molar-refractivity contribution in [2.45, 2.75) is 6.42 Å². The minimum atomic E-state index is -0.195. The summed E-state index contributed by atoms with van der Waals surface area (Å²) in [6.45, 7) is 0.579. The van der Waals surface area contributed by atoms with Crippen LogP contribution < -0.4 is 10.5 Å². The van der Waals surface area contributed by atoms with Gasteiger partial charge in [0.1, 0.15) is 5.75 Å². The Bertz CT molecular complexity index is 739. The summed E-state index contributed by atoms with van der Waals surface area (Å²) in [7, 11) is 0. The zero-order valence-corrected chi connectivity index (χ0v) is 13.8. The van der Waals surface area contributed by atoms with Crippen molar-refractivity contribution < 1.29 is 9.53 Å². The lowest BCUT2D eigenvalue weighted by Crippen LogP contribution is -2.05. The van der Waals surface area contributed by atoms with Gasteiger partial charge in [-0.05, 0) is 29.8 Å². The Morgan fingerprint density at radius 3 is 2.71 bits per heavy atom. The van der Waals surface area contributed by atoms with Crippen LogP contribution >= 0.6 is 39.1 Å². The van der Waals surface area contributed by atoms with Gasteiger partial charge in [-0.2, -0.15) is 0 Å².